The van der Waals surface area contributed by atoms with Crippen LogP contribution in [0.15, 0.2) is 28.5 Å². The average molecular weight is 414 g/mol. The van der Waals surface area contributed by atoms with E-state index in [1.165, 1.54) is 4.68 Å². The Hall–Kier alpha value is -2.48. The first-order valence-electron chi connectivity index (χ1n) is 10.1. The molecule has 8 heteroatoms. The Labute approximate surface area is 173 Å². The SMILES string of the molecule is CC1CCN(C(=O)Cn2nc(-c3cccs3)c3cnn(C(C)(C)C)c3c2=O)CC1. The van der Waals surface area contributed by atoms with Gasteiger partial charge in [-0.1, -0.05) is 13.0 Å². The molecule has 0 aliphatic carbocycles. The van der Waals surface area contributed by atoms with Crippen LogP contribution >= 0.6 is 11.3 Å². The minimum Gasteiger partial charge on any atom is -0.341 e. The van der Waals surface area contributed by atoms with Crippen LogP contribution in [-0.2, 0) is 16.9 Å². The Bertz CT molecular complexity index is 1080. The van der Waals surface area contributed by atoms with Gasteiger partial charge in [0, 0.05) is 13.1 Å². The van der Waals surface area contributed by atoms with E-state index in [1.54, 1.807) is 22.2 Å². The predicted molar refractivity (Wildman–Crippen MR) is 115 cm³/mol. The number of thiophene rings is 1. The van der Waals surface area contributed by atoms with Gasteiger partial charge in [0.2, 0.25) is 5.91 Å². The van der Waals surface area contributed by atoms with Crippen LogP contribution in [0, 0.1) is 5.92 Å². The number of hydrogen-bond acceptors (Lipinski definition) is 5. The van der Waals surface area contributed by atoms with Gasteiger partial charge in [0.15, 0.2) is 0 Å². The highest BCUT2D eigenvalue weighted by molar-refractivity contribution is 7.13. The Kier molecular flexibility index (Phi) is 5.06. The molecule has 0 saturated carbocycles. The standard InChI is InChI=1S/C21H27N5O2S/c1-14-7-9-24(10-8-14)17(27)13-25-20(28)19-15(12-22-26(19)21(2,3)4)18(23-25)16-6-5-11-29-16/h5-6,11-12,14H,7-10,13H2,1-4H3. The molecule has 4 heterocycles. The summed E-state index contributed by atoms with van der Waals surface area (Å²) >= 11 is 1.56. The van der Waals surface area contributed by atoms with Crippen molar-refractivity contribution in [2.45, 2.75) is 52.6 Å². The Morgan fingerprint density at radius 1 is 1.28 bits per heavy atom. The molecule has 1 amide bonds. The quantitative estimate of drug-likeness (QED) is 0.660. The Balaban J connectivity index is 1.80. The zero-order chi connectivity index (χ0) is 20.8. The van der Waals surface area contributed by atoms with Gasteiger partial charge in [0.25, 0.3) is 5.56 Å². The molecule has 1 fully saturated rings. The minimum absolute atomic E-state index is 0.0448. The second-order valence-corrected chi connectivity index (χ2v) is 9.79. The molecule has 3 aromatic heterocycles. The Morgan fingerprint density at radius 2 is 2.00 bits per heavy atom. The molecule has 29 heavy (non-hydrogen) atoms. The van der Waals surface area contributed by atoms with E-state index >= 15 is 0 Å². The van der Waals surface area contributed by atoms with Gasteiger partial charge in [0.05, 0.1) is 22.0 Å². The summed E-state index contributed by atoms with van der Waals surface area (Å²) in [6.07, 6.45) is 3.72. The van der Waals surface area contributed by atoms with Gasteiger partial charge in [0.1, 0.15) is 17.8 Å². The fourth-order valence-corrected chi connectivity index (χ4v) is 4.49. The van der Waals surface area contributed by atoms with Crippen LogP contribution in [0.3, 0.4) is 0 Å². The first-order valence-corrected chi connectivity index (χ1v) is 10.9. The normalized spacial score (nSPS) is 15.9. The molecule has 0 unspecified atom stereocenters. The zero-order valence-electron chi connectivity index (χ0n) is 17.4. The molecule has 1 aliphatic rings. The van der Waals surface area contributed by atoms with Crippen molar-refractivity contribution in [1.82, 2.24) is 24.5 Å². The first kappa shape index (κ1) is 19.8. The highest BCUT2D eigenvalue weighted by atomic mass is 32.1. The van der Waals surface area contributed by atoms with E-state index in [-0.39, 0.29) is 23.6 Å². The summed E-state index contributed by atoms with van der Waals surface area (Å²) in [5.41, 5.74) is 0.562. The lowest BCUT2D eigenvalue weighted by Gasteiger charge is -2.30. The largest absolute Gasteiger partial charge is 0.341 e. The molecular weight excluding hydrogens is 386 g/mol. The molecule has 1 aliphatic heterocycles. The summed E-state index contributed by atoms with van der Waals surface area (Å²) in [6.45, 7) is 9.68. The summed E-state index contributed by atoms with van der Waals surface area (Å²) in [4.78, 5) is 29.0. The molecule has 0 spiro atoms. The number of fused-ring (bicyclic) bond motifs is 1. The number of amides is 1. The van der Waals surface area contributed by atoms with Gasteiger partial charge in [-0.15, -0.1) is 11.3 Å². The molecular formula is C21H27N5O2S. The lowest BCUT2D eigenvalue weighted by atomic mass is 9.99. The number of likely N-dealkylation sites (tertiary alicyclic amines) is 1. The van der Waals surface area contributed by atoms with Gasteiger partial charge in [-0.3, -0.25) is 14.3 Å². The van der Waals surface area contributed by atoms with Gasteiger partial charge >= 0.3 is 0 Å². The second-order valence-electron chi connectivity index (χ2n) is 8.84. The maximum atomic E-state index is 13.3. The molecule has 1 saturated heterocycles. The van der Waals surface area contributed by atoms with Crippen molar-refractivity contribution in [2.75, 3.05) is 13.1 Å². The average Bonchev–Trinajstić information content (AvgIpc) is 3.34. The summed E-state index contributed by atoms with van der Waals surface area (Å²) in [7, 11) is 0. The van der Waals surface area contributed by atoms with Crippen molar-refractivity contribution in [3.05, 3.63) is 34.1 Å². The van der Waals surface area contributed by atoms with Gasteiger partial charge in [-0.05, 0) is 51.0 Å². The van der Waals surface area contributed by atoms with Crippen LogP contribution < -0.4 is 5.56 Å². The van der Waals surface area contributed by atoms with Crippen molar-refractivity contribution in [2.24, 2.45) is 5.92 Å². The van der Waals surface area contributed by atoms with Crippen molar-refractivity contribution in [3.8, 4) is 10.6 Å². The molecule has 0 N–H and O–H groups in total. The van der Waals surface area contributed by atoms with Crippen molar-refractivity contribution in [1.29, 1.82) is 0 Å². The molecule has 0 bridgehead atoms. The van der Waals surface area contributed by atoms with E-state index in [2.05, 4.69) is 17.1 Å². The number of carbonyl (C=O) groups is 1. The molecule has 7 nitrogen and oxygen atoms in total. The highest BCUT2D eigenvalue weighted by Gasteiger charge is 2.26. The topological polar surface area (TPSA) is 73.0 Å². The summed E-state index contributed by atoms with van der Waals surface area (Å²) < 4.78 is 3.06. The Morgan fingerprint density at radius 3 is 2.62 bits per heavy atom. The number of hydrogen-bond donors (Lipinski definition) is 0. The van der Waals surface area contributed by atoms with Crippen LogP contribution in [0.4, 0.5) is 0 Å². The molecule has 0 radical (unpaired) electrons. The predicted octanol–water partition coefficient (Wildman–Crippen LogP) is 3.34. The van der Waals surface area contributed by atoms with E-state index < -0.39 is 0 Å². The van der Waals surface area contributed by atoms with Crippen LogP contribution in [0.1, 0.15) is 40.5 Å². The third-order valence-electron chi connectivity index (χ3n) is 5.49. The summed E-state index contributed by atoms with van der Waals surface area (Å²) in [5, 5.41) is 11.8. The van der Waals surface area contributed by atoms with Crippen LogP contribution in [-0.4, -0.2) is 43.5 Å². The van der Waals surface area contributed by atoms with Gasteiger partial charge in [-0.25, -0.2) is 4.68 Å². The lowest BCUT2D eigenvalue weighted by molar-refractivity contribution is -0.133. The maximum absolute atomic E-state index is 13.3. The monoisotopic (exact) mass is 413 g/mol. The number of carbonyl (C=O) groups excluding carboxylic acids is 1. The van der Waals surface area contributed by atoms with Crippen LogP contribution in [0.25, 0.3) is 21.5 Å². The van der Waals surface area contributed by atoms with Crippen molar-refractivity contribution in [3.63, 3.8) is 0 Å². The maximum Gasteiger partial charge on any atom is 0.293 e. The first-order chi connectivity index (χ1) is 13.8. The van der Waals surface area contributed by atoms with Crippen molar-refractivity contribution >= 4 is 28.1 Å². The molecule has 4 rings (SSSR count). The van der Waals surface area contributed by atoms with E-state index in [0.29, 0.717) is 17.1 Å². The van der Waals surface area contributed by atoms with E-state index in [4.69, 9.17) is 0 Å². The highest BCUT2D eigenvalue weighted by Crippen LogP contribution is 2.30. The lowest BCUT2D eigenvalue weighted by Crippen LogP contribution is -2.42. The summed E-state index contributed by atoms with van der Waals surface area (Å²) in [5.74, 6) is 0.590. The van der Waals surface area contributed by atoms with E-state index in [0.717, 1.165) is 36.2 Å². The minimum atomic E-state index is -0.361. The van der Waals surface area contributed by atoms with Gasteiger partial charge < -0.3 is 4.90 Å². The molecule has 0 aromatic carbocycles. The zero-order valence-corrected chi connectivity index (χ0v) is 18.2. The van der Waals surface area contributed by atoms with Crippen LogP contribution in [0.5, 0.6) is 0 Å². The van der Waals surface area contributed by atoms with E-state index in [1.807, 2.05) is 43.2 Å². The fourth-order valence-electron chi connectivity index (χ4n) is 3.77. The fraction of sp³-hybridized carbons (Fsp3) is 0.524. The smallest absolute Gasteiger partial charge is 0.293 e. The van der Waals surface area contributed by atoms with Crippen LogP contribution in [0.2, 0.25) is 0 Å². The number of nitrogens with zero attached hydrogens (tertiary/aromatic N) is 5. The van der Waals surface area contributed by atoms with Gasteiger partial charge in [-0.2, -0.15) is 10.2 Å². The molecule has 0 atom stereocenters. The summed E-state index contributed by atoms with van der Waals surface area (Å²) in [6, 6.07) is 3.93. The van der Waals surface area contributed by atoms with E-state index in [9.17, 15) is 9.59 Å². The molecule has 3 aromatic rings. The number of aromatic nitrogens is 4. The second kappa shape index (κ2) is 7.40. The number of rotatable bonds is 3. The number of piperidine rings is 1. The third-order valence-corrected chi connectivity index (χ3v) is 6.37. The molecule has 154 valence electrons. The third kappa shape index (κ3) is 3.73. The van der Waals surface area contributed by atoms with Crippen molar-refractivity contribution < 1.29 is 4.79 Å².